The third kappa shape index (κ3) is 2.92. The van der Waals surface area contributed by atoms with Gasteiger partial charge in [-0.05, 0) is 54.7 Å². The first-order valence-electron chi connectivity index (χ1n) is 6.59. The number of hydrogen-bond donors (Lipinski definition) is 1. The average Bonchev–Trinajstić information content (AvgIpc) is 2.37. The van der Waals surface area contributed by atoms with Crippen LogP contribution in [0, 0.1) is 5.82 Å². The largest absolute Gasteiger partial charge is 0.381 e. The maximum atomic E-state index is 13.2. The van der Waals surface area contributed by atoms with E-state index in [2.05, 4.69) is 5.32 Å². The van der Waals surface area contributed by atoms with Crippen molar-refractivity contribution in [2.75, 3.05) is 5.32 Å². The van der Waals surface area contributed by atoms with Gasteiger partial charge in [0.15, 0.2) is 0 Å². The molecule has 4 heteroatoms. The standard InChI is InChI=1S/C16H14Cl2FN/c17-12-4-5-15(18)16(9-12)20-14-7-11(8-14)10-2-1-3-13(19)6-10/h1-6,9,11,14,20H,7-8H2. The first-order valence-corrected chi connectivity index (χ1v) is 7.34. The van der Waals surface area contributed by atoms with E-state index in [1.165, 1.54) is 6.07 Å². The lowest BCUT2D eigenvalue weighted by Crippen LogP contribution is -2.34. The lowest BCUT2D eigenvalue weighted by atomic mass is 9.76. The van der Waals surface area contributed by atoms with E-state index >= 15 is 0 Å². The monoisotopic (exact) mass is 309 g/mol. The number of anilines is 1. The fraction of sp³-hybridized carbons (Fsp3) is 0.250. The van der Waals surface area contributed by atoms with Gasteiger partial charge in [0.2, 0.25) is 0 Å². The van der Waals surface area contributed by atoms with Gasteiger partial charge in [0.05, 0.1) is 10.7 Å². The molecule has 1 N–H and O–H groups in total. The highest BCUT2D eigenvalue weighted by Gasteiger charge is 2.30. The summed E-state index contributed by atoms with van der Waals surface area (Å²) >= 11 is 12.1. The van der Waals surface area contributed by atoms with Crippen LogP contribution < -0.4 is 5.32 Å². The Morgan fingerprint density at radius 3 is 2.60 bits per heavy atom. The van der Waals surface area contributed by atoms with E-state index in [0.29, 0.717) is 22.0 Å². The number of benzene rings is 2. The van der Waals surface area contributed by atoms with E-state index in [1.54, 1.807) is 24.3 Å². The molecule has 0 aromatic heterocycles. The van der Waals surface area contributed by atoms with Crippen LogP contribution in [-0.2, 0) is 0 Å². The Morgan fingerprint density at radius 1 is 1.05 bits per heavy atom. The van der Waals surface area contributed by atoms with Gasteiger partial charge in [-0.25, -0.2) is 4.39 Å². The zero-order chi connectivity index (χ0) is 14.1. The molecule has 0 unspecified atom stereocenters. The molecule has 1 saturated carbocycles. The zero-order valence-corrected chi connectivity index (χ0v) is 12.3. The van der Waals surface area contributed by atoms with Gasteiger partial charge >= 0.3 is 0 Å². The van der Waals surface area contributed by atoms with E-state index in [0.717, 1.165) is 24.1 Å². The Bertz CT molecular complexity index is 624. The minimum atomic E-state index is -0.170. The number of nitrogens with one attached hydrogen (secondary N) is 1. The molecule has 0 saturated heterocycles. The average molecular weight is 310 g/mol. The van der Waals surface area contributed by atoms with E-state index in [-0.39, 0.29) is 5.82 Å². The van der Waals surface area contributed by atoms with Crippen molar-refractivity contribution in [3.05, 3.63) is 63.9 Å². The Morgan fingerprint density at radius 2 is 1.85 bits per heavy atom. The molecule has 0 bridgehead atoms. The predicted molar refractivity (Wildman–Crippen MR) is 82.2 cm³/mol. The van der Waals surface area contributed by atoms with Crippen LogP contribution in [0.25, 0.3) is 0 Å². The molecule has 2 aromatic carbocycles. The molecule has 0 aliphatic heterocycles. The molecule has 0 amide bonds. The minimum Gasteiger partial charge on any atom is -0.381 e. The lowest BCUT2D eigenvalue weighted by Gasteiger charge is -2.37. The van der Waals surface area contributed by atoms with Crippen LogP contribution in [0.2, 0.25) is 10.0 Å². The third-order valence-corrected chi connectivity index (χ3v) is 4.31. The van der Waals surface area contributed by atoms with E-state index in [1.807, 2.05) is 12.1 Å². The lowest BCUT2D eigenvalue weighted by molar-refractivity contribution is 0.373. The summed E-state index contributed by atoms with van der Waals surface area (Å²) in [6, 6.07) is 12.6. The molecule has 20 heavy (non-hydrogen) atoms. The molecule has 1 aliphatic rings. The van der Waals surface area contributed by atoms with Gasteiger partial charge < -0.3 is 5.32 Å². The van der Waals surface area contributed by atoms with Crippen LogP contribution in [0.5, 0.6) is 0 Å². The smallest absolute Gasteiger partial charge is 0.123 e. The van der Waals surface area contributed by atoms with Gasteiger partial charge in [-0.3, -0.25) is 0 Å². The fourth-order valence-corrected chi connectivity index (χ4v) is 2.94. The topological polar surface area (TPSA) is 12.0 Å². The normalized spacial score (nSPS) is 21.4. The first kappa shape index (κ1) is 13.7. The van der Waals surface area contributed by atoms with E-state index < -0.39 is 0 Å². The van der Waals surface area contributed by atoms with E-state index in [9.17, 15) is 4.39 Å². The van der Waals surface area contributed by atoms with Gasteiger partial charge in [0.1, 0.15) is 5.82 Å². The maximum absolute atomic E-state index is 13.2. The number of hydrogen-bond acceptors (Lipinski definition) is 1. The molecule has 0 radical (unpaired) electrons. The van der Waals surface area contributed by atoms with Crippen molar-refractivity contribution in [3.63, 3.8) is 0 Å². The first-order chi connectivity index (χ1) is 9.61. The molecule has 1 fully saturated rings. The van der Waals surface area contributed by atoms with Crippen molar-refractivity contribution < 1.29 is 4.39 Å². The summed E-state index contributed by atoms with van der Waals surface area (Å²) in [5, 5.41) is 4.73. The molecule has 0 spiro atoms. The summed E-state index contributed by atoms with van der Waals surface area (Å²) in [7, 11) is 0. The minimum absolute atomic E-state index is 0.170. The van der Waals surface area contributed by atoms with Crippen LogP contribution in [0.3, 0.4) is 0 Å². The van der Waals surface area contributed by atoms with Crippen LogP contribution >= 0.6 is 23.2 Å². The predicted octanol–water partition coefficient (Wildman–Crippen LogP) is 5.49. The van der Waals surface area contributed by atoms with Gasteiger partial charge in [-0.1, -0.05) is 35.3 Å². The van der Waals surface area contributed by atoms with Crippen molar-refractivity contribution in [3.8, 4) is 0 Å². The van der Waals surface area contributed by atoms with E-state index in [4.69, 9.17) is 23.2 Å². The maximum Gasteiger partial charge on any atom is 0.123 e. The quantitative estimate of drug-likeness (QED) is 0.790. The molecule has 1 aliphatic carbocycles. The third-order valence-electron chi connectivity index (χ3n) is 3.75. The van der Waals surface area contributed by atoms with Crippen LogP contribution in [0.1, 0.15) is 24.3 Å². The Hall–Kier alpha value is -1.25. The highest BCUT2D eigenvalue weighted by molar-refractivity contribution is 6.35. The molecular weight excluding hydrogens is 296 g/mol. The Kier molecular flexibility index (Phi) is 3.86. The Balaban J connectivity index is 1.62. The summed E-state index contributed by atoms with van der Waals surface area (Å²) in [5.74, 6) is 0.248. The fourth-order valence-electron chi connectivity index (χ4n) is 2.60. The summed E-state index contributed by atoms with van der Waals surface area (Å²) < 4.78 is 13.2. The number of halogens is 3. The van der Waals surface area contributed by atoms with Crippen molar-refractivity contribution in [2.24, 2.45) is 0 Å². The molecule has 0 atom stereocenters. The second-order valence-corrected chi connectivity index (χ2v) is 6.03. The summed E-state index contributed by atoms with van der Waals surface area (Å²) in [6.45, 7) is 0. The zero-order valence-electron chi connectivity index (χ0n) is 10.7. The molecule has 0 heterocycles. The second-order valence-electron chi connectivity index (χ2n) is 5.19. The van der Waals surface area contributed by atoms with Gasteiger partial charge in [0, 0.05) is 11.1 Å². The second kappa shape index (κ2) is 5.63. The van der Waals surface area contributed by atoms with Crippen molar-refractivity contribution in [1.82, 2.24) is 0 Å². The highest BCUT2D eigenvalue weighted by atomic mass is 35.5. The van der Waals surface area contributed by atoms with Crippen LogP contribution in [0.15, 0.2) is 42.5 Å². The molecule has 1 nitrogen and oxygen atoms in total. The summed E-state index contributed by atoms with van der Waals surface area (Å²) in [6.07, 6.45) is 1.96. The molecule has 2 aromatic rings. The van der Waals surface area contributed by atoms with Gasteiger partial charge in [-0.2, -0.15) is 0 Å². The SMILES string of the molecule is Fc1cccc(C2CC(Nc3cc(Cl)ccc3Cl)C2)c1. The van der Waals surface area contributed by atoms with Crippen LogP contribution in [0.4, 0.5) is 10.1 Å². The highest BCUT2D eigenvalue weighted by Crippen LogP contribution is 2.39. The van der Waals surface area contributed by atoms with Crippen molar-refractivity contribution in [2.45, 2.75) is 24.8 Å². The number of rotatable bonds is 3. The van der Waals surface area contributed by atoms with Gasteiger partial charge in [-0.15, -0.1) is 0 Å². The molecular formula is C16H14Cl2FN. The molecule has 104 valence electrons. The van der Waals surface area contributed by atoms with Gasteiger partial charge in [0.25, 0.3) is 0 Å². The van der Waals surface area contributed by atoms with Crippen molar-refractivity contribution in [1.29, 1.82) is 0 Å². The van der Waals surface area contributed by atoms with Crippen molar-refractivity contribution >= 4 is 28.9 Å². The summed E-state index contributed by atoms with van der Waals surface area (Å²) in [5.41, 5.74) is 1.93. The summed E-state index contributed by atoms with van der Waals surface area (Å²) in [4.78, 5) is 0. The Labute approximate surface area is 127 Å². The molecule has 3 rings (SSSR count). The van der Waals surface area contributed by atoms with Crippen LogP contribution in [-0.4, -0.2) is 6.04 Å².